The summed E-state index contributed by atoms with van der Waals surface area (Å²) < 4.78 is 0. The molecule has 0 heteroatoms. The fourth-order valence-electron chi connectivity index (χ4n) is 4.28. The molecule has 0 aliphatic heterocycles. The van der Waals surface area contributed by atoms with Crippen molar-refractivity contribution in [1.29, 1.82) is 0 Å². The van der Waals surface area contributed by atoms with Gasteiger partial charge in [0.15, 0.2) is 0 Å². The normalized spacial score (nSPS) is 31.9. The van der Waals surface area contributed by atoms with Crippen LogP contribution in [-0.2, 0) is 0 Å². The molecule has 2 fully saturated rings. The lowest BCUT2D eigenvalue weighted by Crippen LogP contribution is -2.34. The molecule has 2 rings (SSSR count). The van der Waals surface area contributed by atoms with Gasteiger partial charge in [-0.3, -0.25) is 0 Å². The average molecular weight is 307 g/mol. The van der Waals surface area contributed by atoms with Gasteiger partial charge < -0.3 is 0 Å². The highest BCUT2D eigenvalue weighted by Gasteiger charge is 2.39. The van der Waals surface area contributed by atoms with Crippen LogP contribution in [0.15, 0.2) is 0 Å². The number of terminal acetylenes is 1. The minimum Gasteiger partial charge on any atom is -0.124 e. The van der Waals surface area contributed by atoms with E-state index in [9.17, 15) is 0 Å². The van der Waals surface area contributed by atoms with E-state index in [4.69, 9.17) is 0 Å². The molecule has 0 bridgehead atoms. The van der Waals surface area contributed by atoms with E-state index in [1.54, 1.807) is 0 Å². The molecule has 5 unspecified atom stereocenters. The smallest absolute Gasteiger partial charge is 0.0334 e. The van der Waals surface area contributed by atoms with E-state index in [-0.39, 0.29) is 0 Å². The maximum atomic E-state index is 4.00. The highest BCUT2D eigenvalue weighted by molar-refractivity contribution is 4.89. The summed E-state index contributed by atoms with van der Waals surface area (Å²) >= 11 is 0. The van der Waals surface area contributed by atoms with Gasteiger partial charge >= 0.3 is 0 Å². The van der Waals surface area contributed by atoms with E-state index in [2.05, 4.69) is 61.3 Å². The van der Waals surface area contributed by atoms with E-state index >= 15 is 0 Å². The highest BCUT2D eigenvalue weighted by Crippen LogP contribution is 2.49. The summed E-state index contributed by atoms with van der Waals surface area (Å²) in [6.07, 6.45) is 18.3. The van der Waals surface area contributed by atoms with Crippen molar-refractivity contribution in [2.24, 2.45) is 35.0 Å². The maximum Gasteiger partial charge on any atom is -0.0334 e. The molecule has 130 valence electrons. The van der Waals surface area contributed by atoms with Gasteiger partial charge in [-0.2, -0.15) is 0 Å². The molecule has 2 saturated carbocycles. The van der Waals surface area contributed by atoms with Crippen molar-refractivity contribution in [2.75, 3.05) is 0 Å². The first kappa shape index (κ1) is 21.6. The van der Waals surface area contributed by atoms with E-state index < -0.39 is 0 Å². The molecule has 0 spiro atoms. The monoisotopic (exact) mass is 306 g/mol. The van der Waals surface area contributed by atoms with Crippen LogP contribution in [0.5, 0.6) is 0 Å². The van der Waals surface area contributed by atoms with Crippen molar-refractivity contribution in [2.45, 2.75) is 93.4 Å². The van der Waals surface area contributed by atoms with Crippen LogP contribution in [0.25, 0.3) is 0 Å². The zero-order chi connectivity index (χ0) is 17.3. The van der Waals surface area contributed by atoms with Gasteiger partial charge in [0.1, 0.15) is 0 Å². The fourth-order valence-corrected chi connectivity index (χ4v) is 4.28. The SMILES string of the molecule is C#C.CC1CCC(C(CC2CCC2C)C(C)(C)C)C1.CCC. The molecule has 5 atom stereocenters. The predicted octanol–water partition coefficient (Wildman–Crippen LogP) is 7.19. The minimum absolute atomic E-state index is 0.518. The Hall–Kier alpha value is -0.440. The first-order valence-corrected chi connectivity index (χ1v) is 9.62. The van der Waals surface area contributed by atoms with Crippen molar-refractivity contribution in [1.82, 2.24) is 0 Å². The second-order valence-electron chi connectivity index (χ2n) is 8.91. The lowest BCUT2D eigenvalue weighted by atomic mass is 9.62. The van der Waals surface area contributed by atoms with Gasteiger partial charge in [-0.15, -0.1) is 12.8 Å². The summed E-state index contributed by atoms with van der Waals surface area (Å²) in [6.45, 7) is 16.6. The van der Waals surface area contributed by atoms with Gasteiger partial charge in [-0.05, 0) is 60.7 Å². The van der Waals surface area contributed by atoms with Gasteiger partial charge in [0.25, 0.3) is 0 Å². The van der Waals surface area contributed by atoms with Crippen LogP contribution in [0.4, 0.5) is 0 Å². The molecule has 0 radical (unpaired) electrons. The summed E-state index contributed by atoms with van der Waals surface area (Å²) in [6, 6.07) is 0. The number of rotatable bonds is 3. The summed E-state index contributed by atoms with van der Waals surface area (Å²) in [7, 11) is 0. The predicted molar refractivity (Wildman–Crippen MR) is 102 cm³/mol. The summed E-state index contributed by atoms with van der Waals surface area (Å²) in [5.74, 6) is 5.05. The van der Waals surface area contributed by atoms with E-state index in [1.165, 1.54) is 44.9 Å². The standard InChI is InChI=1S/C17H32.C3H8.C2H2/c1-12-6-8-15(10-12)16(17(3,4)5)11-14-9-7-13(14)2;1-3-2;1-2/h12-16H,6-11H2,1-5H3;3H2,1-2H3;1-2H. The third-order valence-electron chi connectivity index (χ3n) is 5.77. The fraction of sp³-hybridized carbons (Fsp3) is 0.909. The molecule has 0 aromatic heterocycles. The first-order chi connectivity index (χ1) is 10.3. The molecule has 0 heterocycles. The topological polar surface area (TPSA) is 0 Å². The molecule has 0 saturated heterocycles. The lowest BCUT2D eigenvalue weighted by molar-refractivity contribution is 0.0709. The van der Waals surface area contributed by atoms with Gasteiger partial charge in [-0.25, -0.2) is 0 Å². The van der Waals surface area contributed by atoms with Crippen LogP contribution in [0.1, 0.15) is 93.4 Å². The van der Waals surface area contributed by atoms with Gasteiger partial charge in [0, 0.05) is 0 Å². The van der Waals surface area contributed by atoms with E-state index in [1.807, 2.05) is 0 Å². The second-order valence-corrected chi connectivity index (χ2v) is 8.91. The zero-order valence-corrected chi connectivity index (χ0v) is 16.5. The van der Waals surface area contributed by atoms with Gasteiger partial charge in [-0.1, -0.05) is 67.7 Å². The van der Waals surface area contributed by atoms with Gasteiger partial charge in [0.2, 0.25) is 0 Å². The Balaban J connectivity index is 0.000000789. The van der Waals surface area contributed by atoms with Crippen LogP contribution >= 0.6 is 0 Å². The van der Waals surface area contributed by atoms with Crippen LogP contribution in [0.2, 0.25) is 0 Å². The average Bonchev–Trinajstić information content (AvgIpc) is 2.85. The van der Waals surface area contributed by atoms with Gasteiger partial charge in [0.05, 0.1) is 0 Å². The molecule has 0 amide bonds. The van der Waals surface area contributed by atoms with Crippen molar-refractivity contribution in [3.05, 3.63) is 0 Å². The third kappa shape index (κ3) is 6.76. The third-order valence-corrected chi connectivity index (χ3v) is 5.77. The summed E-state index contributed by atoms with van der Waals surface area (Å²) in [5, 5.41) is 0. The maximum absolute atomic E-state index is 4.00. The largest absolute Gasteiger partial charge is 0.124 e. The number of hydrogen-bond donors (Lipinski definition) is 0. The Bertz CT molecular complexity index is 293. The van der Waals surface area contributed by atoms with Crippen LogP contribution in [0.3, 0.4) is 0 Å². The van der Waals surface area contributed by atoms with Crippen molar-refractivity contribution in [3.63, 3.8) is 0 Å². The molecular weight excluding hydrogens is 264 g/mol. The quantitative estimate of drug-likeness (QED) is 0.484. The van der Waals surface area contributed by atoms with E-state index in [0.29, 0.717) is 5.41 Å². The van der Waals surface area contributed by atoms with Crippen LogP contribution in [-0.4, -0.2) is 0 Å². The molecule has 0 aromatic carbocycles. The Morgan fingerprint density at radius 1 is 0.955 bits per heavy atom. The van der Waals surface area contributed by atoms with Crippen molar-refractivity contribution >= 4 is 0 Å². The minimum atomic E-state index is 0.518. The number of hydrogen-bond acceptors (Lipinski definition) is 0. The molecule has 2 aliphatic carbocycles. The lowest BCUT2D eigenvalue weighted by Gasteiger charge is -2.43. The Labute approximate surface area is 141 Å². The zero-order valence-electron chi connectivity index (χ0n) is 16.5. The van der Waals surface area contributed by atoms with Crippen LogP contribution < -0.4 is 0 Å². The Kier molecular flexibility index (Phi) is 10.1. The molecule has 0 nitrogen and oxygen atoms in total. The second kappa shape index (κ2) is 10.4. The first-order valence-electron chi connectivity index (χ1n) is 9.62. The molecule has 2 aliphatic rings. The highest BCUT2D eigenvalue weighted by atomic mass is 14.4. The summed E-state index contributed by atoms with van der Waals surface area (Å²) in [5.41, 5.74) is 0.518. The summed E-state index contributed by atoms with van der Waals surface area (Å²) in [4.78, 5) is 0. The van der Waals surface area contributed by atoms with Crippen molar-refractivity contribution in [3.8, 4) is 12.8 Å². The van der Waals surface area contributed by atoms with Crippen molar-refractivity contribution < 1.29 is 0 Å². The Morgan fingerprint density at radius 3 is 1.77 bits per heavy atom. The van der Waals surface area contributed by atoms with E-state index in [0.717, 1.165) is 29.6 Å². The molecule has 22 heavy (non-hydrogen) atoms. The molecule has 0 N–H and O–H groups in total. The van der Waals surface area contributed by atoms with Crippen LogP contribution in [0, 0.1) is 47.9 Å². The molecular formula is C22H42. The molecule has 0 aromatic rings. The Morgan fingerprint density at radius 2 is 1.50 bits per heavy atom.